The van der Waals surface area contributed by atoms with Gasteiger partial charge in [-0.1, -0.05) is 18.2 Å². The molecule has 1 aromatic carbocycles. The minimum Gasteiger partial charge on any atom is -0.496 e. The van der Waals surface area contributed by atoms with Crippen LogP contribution in [0.3, 0.4) is 0 Å². The van der Waals surface area contributed by atoms with Crippen molar-refractivity contribution in [3.05, 3.63) is 53.3 Å². The van der Waals surface area contributed by atoms with E-state index in [9.17, 15) is 4.79 Å². The number of rotatable bonds is 6. The summed E-state index contributed by atoms with van der Waals surface area (Å²) in [5.74, 6) is -0.147. The Labute approximate surface area is 123 Å². The highest BCUT2D eigenvalue weighted by Gasteiger charge is 2.10. The van der Waals surface area contributed by atoms with Crippen molar-refractivity contribution in [3.8, 4) is 5.75 Å². The van der Waals surface area contributed by atoms with Gasteiger partial charge in [-0.2, -0.15) is 0 Å². The van der Waals surface area contributed by atoms with Gasteiger partial charge in [-0.25, -0.2) is 4.79 Å². The zero-order chi connectivity index (χ0) is 15.2. The molecule has 2 aromatic rings. The third-order valence-corrected chi connectivity index (χ3v) is 3.17. The minimum atomic E-state index is -0.984. The third-order valence-electron chi connectivity index (χ3n) is 3.17. The van der Waals surface area contributed by atoms with Gasteiger partial charge in [0, 0.05) is 18.4 Å². The van der Waals surface area contributed by atoms with Crippen molar-refractivity contribution in [2.45, 2.75) is 13.3 Å². The van der Waals surface area contributed by atoms with Crippen LogP contribution in [0.1, 0.15) is 21.6 Å². The number of benzene rings is 1. The lowest BCUT2D eigenvalue weighted by Crippen LogP contribution is -2.11. The second-order valence-corrected chi connectivity index (χ2v) is 4.67. The van der Waals surface area contributed by atoms with E-state index >= 15 is 0 Å². The molecule has 5 nitrogen and oxygen atoms in total. The average Bonchev–Trinajstić information content (AvgIpc) is 2.47. The van der Waals surface area contributed by atoms with E-state index in [4.69, 9.17) is 9.84 Å². The fourth-order valence-corrected chi connectivity index (χ4v) is 2.12. The number of nitrogens with zero attached hydrogens (tertiary/aromatic N) is 1. The van der Waals surface area contributed by atoms with Gasteiger partial charge in [0.15, 0.2) is 0 Å². The first-order chi connectivity index (χ1) is 10.1. The zero-order valence-electron chi connectivity index (χ0n) is 12.1. The molecule has 2 N–H and O–H groups in total. The van der Waals surface area contributed by atoms with Crippen LogP contribution in [0.15, 0.2) is 36.5 Å². The Morgan fingerprint density at radius 3 is 2.86 bits per heavy atom. The topological polar surface area (TPSA) is 71.5 Å². The summed E-state index contributed by atoms with van der Waals surface area (Å²) in [6.45, 7) is 2.45. The van der Waals surface area contributed by atoms with Crippen molar-refractivity contribution >= 4 is 11.7 Å². The molecule has 0 saturated heterocycles. The molecule has 2 rings (SSSR count). The van der Waals surface area contributed by atoms with Crippen molar-refractivity contribution in [3.63, 3.8) is 0 Å². The summed E-state index contributed by atoms with van der Waals surface area (Å²) in [7, 11) is 1.64. The Kier molecular flexibility index (Phi) is 4.77. The Morgan fingerprint density at radius 1 is 1.38 bits per heavy atom. The number of aromatic nitrogens is 1. The summed E-state index contributed by atoms with van der Waals surface area (Å²) in [6.07, 6.45) is 2.12. The molecule has 1 aromatic heterocycles. The largest absolute Gasteiger partial charge is 0.496 e. The molecular weight excluding hydrogens is 268 g/mol. The molecule has 0 bridgehead atoms. The number of pyridine rings is 1. The Hall–Kier alpha value is -2.56. The van der Waals surface area contributed by atoms with Crippen LogP contribution >= 0.6 is 0 Å². The van der Waals surface area contributed by atoms with E-state index in [0.29, 0.717) is 12.2 Å². The van der Waals surface area contributed by atoms with Gasteiger partial charge in [0.2, 0.25) is 0 Å². The van der Waals surface area contributed by atoms with E-state index in [1.807, 2.05) is 31.2 Å². The van der Waals surface area contributed by atoms with Crippen LogP contribution in [0, 0.1) is 6.92 Å². The highest BCUT2D eigenvalue weighted by molar-refractivity contribution is 5.93. The monoisotopic (exact) mass is 286 g/mol. The average molecular weight is 286 g/mol. The molecule has 0 unspecified atom stereocenters. The molecule has 1 heterocycles. The molecule has 0 aliphatic heterocycles. The van der Waals surface area contributed by atoms with Gasteiger partial charge >= 0.3 is 5.97 Å². The van der Waals surface area contributed by atoms with Crippen molar-refractivity contribution in [2.24, 2.45) is 0 Å². The highest BCUT2D eigenvalue weighted by Crippen LogP contribution is 2.19. The summed E-state index contributed by atoms with van der Waals surface area (Å²) in [6, 6.07) is 9.53. The summed E-state index contributed by atoms with van der Waals surface area (Å²) in [5.41, 5.74) is 2.63. The van der Waals surface area contributed by atoms with Gasteiger partial charge in [0.25, 0.3) is 0 Å². The zero-order valence-corrected chi connectivity index (χ0v) is 12.1. The molecular formula is C16H18N2O3. The fraction of sp³-hybridized carbons (Fsp3) is 0.250. The maximum Gasteiger partial charge on any atom is 0.339 e. The summed E-state index contributed by atoms with van der Waals surface area (Å²) in [4.78, 5) is 15.2. The van der Waals surface area contributed by atoms with Gasteiger partial charge < -0.3 is 15.2 Å². The van der Waals surface area contributed by atoms with Crippen molar-refractivity contribution < 1.29 is 14.6 Å². The van der Waals surface area contributed by atoms with Crippen LogP contribution in [0.25, 0.3) is 0 Å². The number of carbonyl (C=O) groups is 1. The molecule has 0 amide bonds. The molecule has 0 spiro atoms. The lowest BCUT2D eigenvalue weighted by molar-refractivity contribution is 0.0697. The van der Waals surface area contributed by atoms with Crippen LogP contribution in [0.2, 0.25) is 0 Å². The number of hydrogen-bond acceptors (Lipinski definition) is 4. The van der Waals surface area contributed by atoms with Crippen LogP contribution in [-0.2, 0) is 6.42 Å². The second-order valence-electron chi connectivity index (χ2n) is 4.67. The number of methoxy groups -OCH3 is 1. The van der Waals surface area contributed by atoms with Crippen LogP contribution in [0.5, 0.6) is 5.75 Å². The number of carboxylic acid groups (broad SMARTS) is 1. The lowest BCUT2D eigenvalue weighted by atomic mass is 10.1. The smallest absolute Gasteiger partial charge is 0.339 e. The standard InChI is InChI=1S/C16H18N2O3/c1-11-9-14(13(10-18-11)16(19)20)17-8-7-12-5-3-4-6-15(12)21-2/h3-6,9-10H,7-8H2,1-2H3,(H,17,18)(H,19,20). The third kappa shape index (κ3) is 3.72. The first-order valence-electron chi connectivity index (χ1n) is 6.67. The molecule has 0 aliphatic rings. The molecule has 0 saturated carbocycles. The van der Waals surface area contributed by atoms with Gasteiger partial charge in [0.1, 0.15) is 11.3 Å². The molecule has 0 atom stereocenters. The maximum atomic E-state index is 11.2. The first kappa shape index (κ1) is 14.8. The number of aryl methyl sites for hydroxylation is 1. The molecule has 0 radical (unpaired) electrons. The van der Waals surface area contributed by atoms with Crippen LogP contribution in [0.4, 0.5) is 5.69 Å². The van der Waals surface area contributed by atoms with Gasteiger partial charge in [0.05, 0.1) is 12.8 Å². The predicted molar refractivity (Wildman–Crippen MR) is 81.1 cm³/mol. The van der Waals surface area contributed by atoms with Crippen molar-refractivity contribution in [2.75, 3.05) is 19.0 Å². The van der Waals surface area contributed by atoms with E-state index in [2.05, 4.69) is 10.3 Å². The summed E-state index contributed by atoms with van der Waals surface area (Å²) in [5, 5.41) is 12.3. The quantitative estimate of drug-likeness (QED) is 0.854. The van der Waals surface area contributed by atoms with E-state index in [-0.39, 0.29) is 5.56 Å². The SMILES string of the molecule is COc1ccccc1CCNc1cc(C)ncc1C(=O)O. The van der Waals surface area contributed by atoms with Crippen molar-refractivity contribution in [1.82, 2.24) is 4.98 Å². The molecule has 0 aliphatic carbocycles. The Morgan fingerprint density at radius 2 is 2.14 bits per heavy atom. The number of aromatic carboxylic acids is 1. The lowest BCUT2D eigenvalue weighted by Gasteiger charge is -2.12. The van der Waals surface area contributed by atoms with Crippen molar-refractivity contribution in [1.29, 1.82) is 0 Å². The van der Waals surface area contributed by atoms with E-state index in [1.165, 1.54) is 6.20 Å². The number of ether oxygens (including phenoxy) is 1. The number of hydrogen-bond donors (Lipinski definition) is 2. The number of carboxylic acids is 1. The van der Waals surface area contributed by atoms with Gasteiger partial charge in [-0.3, -0.25) is 4.98 Å². The number of para-hydroxylation sites is 1. The van der Waals surface area contributed by atoms with Gasteiger partial charge in [-0.15, -0.1) is 0 Å². The summed E-state index contributed by atoms with van der Waals surface area (Å²) >= 11 is 0. The van der Waals surface area contributed by atoms with Crippen LogP contribution < -0.4 is 10.1 Å². The maximum absolute atomic E-state index is 11.2. The molecule has 21 heavy (non-hydrogen) atoms. The number of nitrogens with one attached hydrogen (secondary N) is 1. The summed E-state index contributed by atoms with van der Waals surface area (Å²) < 4.78 is 5.30. The number of anilines is 1. The first-order valence-corrected chi connectivity index (χ1v) is 6.67. The van der Waals surface area contributed by atoms with E-state index in [1.54, 1.807) is 13.2 Å². The highest BCUT2D eigenvalue weighted by atomic mass is 16.5. The van der Waals surface area contributed by atoms with E-state index in [0.717, 1.165) is 23.4 Å². The normalized spacial score (nSPS) is 10.2. The molecule has 0 fully saturated rings. The molecule has 110 valence electrons. The second kappa shape index (κ2) is 6.74. The minimum absolute atomic E-state index is 0.181. The Bertz CT molecular complexity index is 641. The fourth-order valence-electron chi connectivity index (χ4n) is 2.12. The van der Waals surface area contributed by atoms with Crippen LogP contribution in [-0.4, -0.2) is 29.7 Å². The Balaban J connectivity index is 2.07. The predicted octanol–water partition coefficient (Wildman–Crippen LogP) is 2.75. The molecule has 5 heteroatoms. The van der Waals surface area contributed by atoms with Gasteiger partial charge in [-0.05, 0) is 31.0 Å². The van der Waals surface area contributed by atoms with E-state index < -0.39 is 5.97 Å².